The molecule has 0 aromatic heterocycles. The van der Waals surface area contributed by atoms with Crippen LogP contribution in [0.2, 0.25) is 0 Å². The van der Waals surface area contributed by atoms with Crippen molar-refractivity contribution in [2.24, 2.45) is 4.99 Å². The van der Waals surface area contributed by atoms with E-state index in [-0.39, 0.29) is 12.5 Å². The molecule has 0 bridgehead atoms. The smallest absolute Gasteiger partial charge is 0.243 e. The molecule has 0 atom stereocenters. The molecule has 23 heavy (non-hydrogen) atoms. The van der Waals surface area contributed by atoms with Crippen molar-refractivity contribution >= 4 is 27.8 Å². The fourth-order valence-corrected chi connectivity index (χ4v) is 2.06. The first-order chi connectivity index (χ1) is 10.9. The molecule has 0 aliphatic rings. The fraction of sp³-hybridized carbons (Fsp3) is 0.500. The van der Waals surface area contributed by atoms with Gasteiger partial charge >= 0.3 is 0 Å². The van der Waals surface area contributed by atoms with Gasteiger partial charge in [0.15, 0.2) is 5.96 Å². The van der Waals surface area contributed by atoms with Crippen LogP contribution in [-0.2, 0) is 16.1 Å². The lowest BCUT2D eigenvalue weighted by Gasteiger charge is -2.23. The number of nitrogens with one attached hydrogen (secondary N) is 1. The van der Waals surface area contributed by atoms with E-state index in [1.807, 2.05) is 24.1 Å². The van der Waals surface area contributed by atoms with Crippen LogP contribution in [0.5, 0.6) is 0 Å². The van der Waals surface area contributed by atoms with E-state index >= 15 is 0 Å². The number of aliphatic imine (C=N–C) groups is 1. The van der Waals surface area contributed by atoms with E-state index in [0.29, 0.717) is 25.7 Å². The van der Waals surface area contributed by atoms with Crippen LogP contribution < -0.4 is 5.32 Å². The minimum Gasteiger partial charge on any atom is -0.383 e. The first kappa shape index (κ1) is 19.4. The van der Waals surface area contributed by atoms with Crippen LogP contribution in [0.25, 0.3) is 0 Å². The highest BCUT2D eigenvalue weighted by molar-refractivity contribution is 9.10. The summed E-state index contributed by atoms with van der Waals surface area (Å²) in [5.74, 6) is 0.647. The lowest BCUT2D eigenvalue weighted by molar-refractivity contribution is -0.127. The molecule has 0 radical (unpaired) electrons. The van der Waals surface area contributed by atoms with E-state index in [1.54, 1.807) is 21.2 Å². The molecule has 0 heterocycles. The maximum absolute atomic E-state index is 11.7. The summed E-state index contributed by atoms with van der Waals surface area (Å²) in [7, 11) is 7.04. The van der Waals surface area contributed by atoms with Gasteiger partial charge in [-0.2, -0.15) is 0 Å². The SMILES string of the molecule is COCCNC(=NCC(=O)N(C)C)N(C)Cc1ccc(Br)cc1. The summed E-state index contributed by atoms with van der Waals surface area (Å²) in [6.45, 7) is 2.03. The predicted octanol–water partition coefficient (Wildman–Crippen LogP) is 1.56. The van der Waals surface area contributed by atoms with Crippen molar-refractivity contribution in [3.8, 4) is 0 Å². The van der Waals surface area contributed by atoms with Gasteiger partial charge in [0.2, 0.25) is 5.91 Å². The molecule has 0 unspecified atom stereocenters. The molecule has 1 aromatic carbocycles. The Morgan fingerprint density at radius 3 is 2.48 bits per heavy atom. The first-order valence-corrected chi connectivity index (χ1v) is 8.16. The van der Waals surface area contributed by atoms with Crippen molar-refractivity contribution in [2.45, 2.75) is 6.54 Å². The van der Waals surface area contributed by atoms with Crippen LogP contribution in [0.1, 0.15) is 5.56 Å². The number of halogens is 1. The molecular formula is C16H25BrN4O2. The number of benzene rings is 1. The Balaban J connectivity index is 2.73. The normalized spacial score (nSPS) is 11.3. The molecule has 7 heteroatoms. The molecule has 0 saturated heterocycles. The summed E-state index contributed by atoms with van der Waals surface area (Å²) in [6, 6.07) is 8.12. The highest BCUT2D eigenvalue weighted by atomic mass is 79.9. The number of likely N-dealkylation sites (N-methyl/N-ethyl adjacent to an activating group) is 1. The number of amides is 1. The summed E-state index contributed by atoms with van der Waals surface area (Å²) < 4.78 is 6.10. The fourth-order valence-electron chi connectivity index (χ4n) is 1.80. The van der Waals surface area contributed by atoms with Crippen LogP contribution >= 0.6 is 15.9 Å². The summed E-state index contributed by atoms with van der Waals surface area (Å²) in [4.78, 5) is 19.7. The van der Waals surface area contributed by atoms with Gasteiger partial charge < -0.3 is 19.9 Å². The van der Waals surface area contributed by atoms with Gasteiger partial charge in [0.25, 0.3) is 0 Å². The number of methoxy groups -OCH3 is 1. The average Bonchev–Trinajstić information content (AvgIpc) is 2.52. The number of hydrogen-bond donors (Lipinski definition) is 1. The topological polar surface area (TPSA) is 57.2 Å². The van der Waals surface area contributed by atoms with E-state index < -0.39 is 0 Å². The molecule has 0 spiro atoms. The summed E-state index contributed by atoms with van der Waals surface area (Å²) >= 11 is 3.43. The van der Waals surface area contributed by atoms with E-state index in [1.165, 1.54) is 4.90 Å². The van der Waals surface area contributed by atoms with Crippen LogP contribution in [0.3, 0.4) is 0 Å². The van der Waals surface area contributed by atoms with Gasteiger partial charge in [-0.05, 0) is 17.7 Å². The molecule has 1 aromatic rings. The highest BCUT2D eigenvalue weighted by Gasteiger charge is 2.09. The van der Waals surface area contributed by atoms with Crippen LogP contribution in [0, 0.1) is 0 Å². The van der Waals surface area contributed by atoms with Crippen molar-refractivity contribution < 1.29 is 9.53 Å². The number of ether oxygens (including phenoxy) is 1. The zero-order chi connectivity index (χ0) is 17.2. The first-order valence-electron chi connectivity index (χ1n) is 7.37. The predicted molar refractivity (Wildman–Crippen MR) is 96.5 cm³/mol. The average molecular weight is 385 g/mol. The Bertz CT molecular complexity index is 517. The minimum atomic E-state index is -0.0342. The molecule has 0 aliphatic carbocycles. The number of guanidine groups is 1. The van der Waals surface area contributed by atoms with Gasteiger partial charge in [-0.25, -0.2) is 4.99 Å². The Morgan fingerprint density at radius 2 is 1.91 bits per heavy atom. The van der Waals surface area contributed by atoms with Gasteiger partial charge in [0.1, 0.15) is 6.54 Å². The summed E-state index contributed by atoms with van der Waals surface area (Å²) in [6.07, 6.45) is 0. The summed E-state index contributed by atoms with van der Waals surface area (Å²) in [5, 5.41) is 3.22. The van der Waals surface area contributed by atoms with E-state index in [0.717, 1.165) is 10.0 Å². The van der Waals surface area contributed by atoms with Crippen LogP contribution in [0.15, 0.2) is 33.7 Å². The second kappa shape index (κ2) is 10.2. The molecule has 128 valence electrons. The van der Waals surface area contributed by atoms with E-state index in [2.05, 4.69) is 38.4 Å². The lowest BCUT2D eigenvalue weighted by Crippen LogP contribution is -2.40. The van der Waals surface area contributed by atoms with E-state index in [4.69, 9.17) is 4.74 Å². The Hall–Kier alpha value is -1.60. The van der Waals surface area contributed by atoms with Crippen molar-refractivity contribution in [3.63, 3.8) is 0 Å². The molecule has 6 nitrogen and oxygen atoms in total. The molecule has 1 N–H and O–H groups in total. The second-order valence-corrected chi connectivity index (χ2v) is 6.25. The molecule has 0 saturated carbocycles. The van der Waals surface area contributed by atoms with Gasteiger partial charge in [-0.15, -0.1) is 0 Å². The number of nitrogens with zero attached hydrogens (tertiary/aromatic N) is 3. The van der Waals surface area contributed by atoms with Crippen molar-refractivity contribution in [1.29, 1.82) is 0 Å². The lowest BCUT2D eigenvalue weighted by atomic mass is 10.2. The third-order valence-corrected chi connectivity index (χ3v) is 3.68. The van der Waals surface area contributed by atoms with Crippen LogP contribution in [0.4, 0.5) is 0 Å². The monoisotopic (exact) mass is 384 g/mol. The third kappa shape index (κ3) is 7.47. The molecule has 1 amide bonds. The van der Waals surface area contributed by atoms with Crippen molar-refractivity contribution in [3.05, 3.63) is 34.3 Å². The Morgan fingerprint density at radius 1 is 1.26 bits per heavy atom. The quantitative estimate of drug-likeness (QED) is 0.440. The zero-order valence-electron chi connectivity index (χ0n) is 14.2. The van der Waals surface area contributed by atoms with Gasteiger partial charge in [0.05, 0.1) is 6.61 Å². The molecular weight excluding hydrogens is 360 g/mol. The molecule has 0 aliphatic heterocycles. The maximum Gasteiger partial charge on any atom is 0.243 e. The van der Waals surface area contributed by atoms with Crippen molar-refractivity contribution in [1.82, 2.24) is 15.1 Å². The number of hydrogen-bond acceptors (Lipinski definition) is 3. The number of carbonyl (C=O) groups excluding carboxylic acids is 1. The summed E-state index contributed by atoms with van der Waals surface area (Å²) in [5.41, 5.74) is 1.16. The number of rotatable bonds is 7. The van der Waals surface area contributed by atoms with Gasteiger partial charge in [-0.3, -0.25) is 4.79 Å². The minimum absolute atomic E-state index is 0.0342. The van der Waals surface area contributed by atoms with Crippen molar-refractivity contribution in [2.75, 3.05) is 47.9 Å². The van der Waals surface area contributed by atoms with Gasteiger partial charge in [-0.1, -0.05) is 28.1 Å². The number of carbonyl (C=O) groups is 1. The maximum atomic E-state index is 11.7. The Kier molecular flexibility index (Phi) is 8.65. The second-order valence-electron chi connectivity index (χ2n) is 5.33. The zero-order valence-corrected chi connectivity index (χ0v) is 15.8. The largest absolute Gasteiger partial charge is 0.383 e. The van der Waals surface area contributed by atoms with Crippen LogP contribution in [-0.4, -0.2) is 69.6 Å². The molecule has 1 rings (SSSR count). The highest BCUT2D eigenvalue weighted by Crippen LogP contribution is 2.11. The van der Waals surface area contributed by atoms with Gasteiger partial charge in [0, 0.05) is 45.8 Å². The Labute approximate surface area is 146 Å². The van der Waals surface area contributed by atoms with E-state index in [9.17, 15) is 4.79 Å². The third-order valence-electron chi connectivity index (χ3n) is 3.15. The standard InChI is InChI=1S/C16H25BrN4O2/c1-20(2)15(22)11-19-16(18-9-10-23-4)21(3)12-13-5-7-14(17)8-6-13/h5-8H,9-12H2,1-4H3,(H,18,19). The molecule has 0 fully saturated rings.